The van der Waals surface area contributed by atoms with E-state index < -0.39 is 0 Å². The average molecular weight is 428 g/mol. The number of nitrogens with zero attached hydrogens (tertiary/aromatic N) is 3. The van der Waals surface area contributed by atoms with Gasteiger partial charge in [-0.15, -0.1) is 0 Å². The number of hydrogen-bond donors (Lipinski definition) is 0. The highest BCUT2D eigenvalue weighted by Crippen LogP contribution is 2.31. The van der Waals surface area contributed by atoms with Crippen molar-refractivity contribution in [2.45, 2.75) is 31.7 Å². The molecule has 1 amide bonds. The first-order valence-corrected chi connectivity index (χ1v) is 10.5. The molecule has 7 heteroatoms. The number of benzene rings is 2. The predicted octanol–water partition coefficient (Wildman–Crippen LogP) is 5.40. The van der Waals surface area contributed by atoms with Crippen molar-refractivity contribution in [3.8, 4) is 0 Å². The van der Waals surface area contributed by atoms with Crippen LogP contribution in [0.5, 0.6) is 0 Å². The lowest BCUT2D eigenvalue weighted by molar-refractivity contribution is -0.118. The lowest BCUT2D eigenvalue weighted by Gasteiger charge is -2.27. The predicted molar refractivity (Wildman–Crippen MR) is 118 cm³/mol. The van der Waals surface area contributed by atoms with Crippen molar-refractivity contribution in [2.75, 3.05) is 4.90 Å². The van der Waals surface area contributed by atoms with Crippen LogP contribution in [0.25, 0.3) is 10.8 Å². The fourth-order valence-electron chi connectivity index (χ4n) is 3.46. The van der Waals surface area contributed by atoms with Crippen LogP contribution in [0.15, 0.2) is 53.8 Å². The Hall–Kier alpha value is -2.44. The van der Waals surface area contributed by atoms with Gasteiger partial charge in [-0.25, -0.2) is 4.39 Å². The standard InChI is InChI=1S/C22H19ClFN3OS/c1-13-19-10-25-9-15(18(19)6-7-20(13)24)11-27(17-5-3-4-16(23)8-17)22(28)21-14(2)26-12-29-21/h3-10,12,14,21H,11H2,1-2H3. The van der Waals surface area contributed by atoms with Crippen LogP contribution in [0.1, 0.15) is 18.1 Å². The number of fused-ring (bicyclic) bond motifs is 1. The smallest absolute Gasteiger partial charge is 0.243 e. The Morgan fingerprint density at radius 2 is 2.07 bits per heavy atom. The highest BCUT2D eigenvalue weighted by atomic mass is 35.5. The summed E-state index contributed by atoms with van der Waals surface area (Å²) in [5.74, 6) is -0.314. The van der Waals surface area contributed by atoms with Crippen molar-refractivity contribution in [2.24, 2.45) is 4.99 Å². The molecule has 3 aromatic rings. The van der Waals surface area contributed by atoms with Crippen LogP contribution >= 0.6 is 23.4 Å². The molecule has 4 rings (SSSR count). The number of aromatic nitrogens is 1. The zero-order valence-corrected chi connectivity index (χ0v) is 17.5. The summed E-state index contributed by atoms with van der Waals surface area (Å²) in [6, 6.07) is 10.3. The number of hydrogen-bond acceptors (Lipinski definition) is 4. The quantitative estimate of drug-likeness (QED) is 0.560. The van der Waals surface area contributed by atoms with Crippen molar-refractivity contribution in [1.82, 2.24) is 4.98 Å². The summed E-state index contributed by atoms with van der Waals surface area (Å²) in [6.45, 7) is 3.97. The summed E-state index contributed by atoms with van der Waals surface area (Å²) in [7, 11) is 0. The van der Waals surface area contributed by atoms with E-state index in [-0.39, 0.29) is 23.0 Å². The van der Waals surface area contributed by atoms with E-state index in [0.717, 1.165) is 16.3 Å². The molecule has 0 aliphatic carbocycles. The van der Waals surface area contributed by atoms with E-state index in [1.54, 1.807) is 48.0 Å². The molecule has 0 fully saturated rings. The molecule has 0 saturated carbocycles. The number of rotatable bonds is 4. The Balaban J connectivity index is 1.77. The molecule has 2 atom stereocenters. The van der Waals surface area contributed by atoms with Crippen molar-refractivity contribution in [3.05, 3.63) is 70.8 Å². The molecule has 2 heterocycles. The van der Waals surface area contributed by atoms with Crippen LogP contribution in [0, 0.1) is 12.7 Å². The van der Waals surface area contributed by atoms with Gasteiger partial charge in [0.25, 0.3) is 0 Å². The van der Waals surface area contributed by atoms with Gasteiger partial charge >= 0.3 is 0 Å². The minimum atomic E-state index is -0.295. The molecule has 2 unspecified atom stereocenters. The van der Waals surface area contributed by atoms with E-state index in [1.165, 1.54) is 17.8 Å². The van der Waals surface area contributed by atoms with Gasteiger partial charge in [-0.1, -0.05) is 35.5 Å². The first kappa shape index (κ1) is 19.9. The largest absolute Gasteiger partial charge is 0.307 e. The second-order valence-electron chi connectivity index (χ2n) is 7.02. The number of pyridine rings is 1. The maximum absolute atomic E-state index is 14.0. The number of thioether (sulfide) groups is 1. The van der Waals surface area contributed by atoms with E-state index >= 15 is 0 Å². The molecule has 1 aliphatic heterocycles. The number of carbonyl (C=O) groups excluding carboxylic acids is 1. The molecule has 0 spiro atoms. The van der Waals surface area contributed by atoms with Gasteiger partial charge in [-0.3, -0.25) is 14.8 Å². The summed E-state index contributed by atoms with van der Waals surface area (Å²) in [5, 5.41) is 1.88. The topological polar surface area (TPSA) is 45.6 Å². The van der Waals surface area contributed by atoms with E-state index in [1.807, 2.05) is 19.1 Å². The number of anilines is 1. The van der Waals surface area contributed by atoms with E-state index in [9.17, 15) is 9.18 Å². The second-order valence-corrected chi connectivity index (χ2v) is 8.45. The van der Waals surface area contributed by atoms with Gasteiger partial charge in [0.1, 0.15) is 11.1 Å². The maximum Gasteiger partial charge on any atom is 0.243 e. The minimum absolute atomic E-state index is 0.0434. The SMILES string of the molecule is Cc1c(F)ccc2c(CN(C(=O)C3SC=NC3C)c3cccc(Cl)c3)cncc12. The average Bonchev–Trinajstić information content (AvgIpc) is 3.14. The third-order valence-corrected chi connectivity index (χ3v) is 6.50. The summed E-state index contributed by atoms with van der Waals surface area (Å²) < 4.78 is 14.0. The number of aliphatic imine (C=N–C) groups is 1. The lowest BCUT2D eigenvalue weighted by Crippen LogP contribution is -2.40. The first-order valence-electron chi connectivity index (χ1n) is 9.21. The monoisotopic (exact) mass is 427 g/mol. The molecule has 1 aliphatic rings. The summed E-state index contributed by atoms with van der Waals surface area (Å²) in [4.78, 5) is 23.8. The molecule has 4 nitrogen and oxygen atoms in total. The van der Waals surface area contributed by atoms with Crippen LogP contribution < -0.4 is 4.90 Å². The van der Waals surface area contributed by atoms with Crippen LogP contribution in [-0.2, 0) is 11.3 Å². The maximum atomic E-state index is 14.0. The van der Waals surface area contributed by atoms with Crippen LogP contribution in [0.4, 0.5) is 10.1 Å². The Labute approximate surface area is 177 Å². The van der Waals surface area contributed by atoms with Crippen LogP contribution in [-0.4, -0.2) is 27.7 Å². The molecular weight excluding hydrogens is 409 g/mol. The van der Waals surface area contributed by atoms with Gasteiger partial charge in [0.05, 0.1) is 18.1 Å². The Kier molecular flexibility index (Phi) is 5.56. The molecule has 0 bridgehead atoms. The summed E-state index contributed by atoms with van der Waals surface area (Å²) in [6.07, 6.45) is 3.39. The van der Waals surface area contributed by atoms with E-state index in [0.29, 0.717) is 22.8 Å². The van der Waals surface area contributed by atoms with Crippen molar-refractivity contribution in [3.63, 3.8) is 0 Å². The summed E-state index contributed by atoms with van der Waals surface area (Å²) in [5.41, 5.74) is 3.83. The third kappa shape index (κ3) is 3.87. The van der Waals surface area contributed by atoms with Crippen LogP contribution in [0.2, 0.25) is 5.02 Å². The van der Waals surface area contributed by atoms with E-state index in [4.69, 9.17) is 11.6 Å². The highest BCUT2D eigenvalue weighted by Gasteiger charge is 2.33. The van der Waals surface area contributed by atoms with Gasteiger partial charge in [0.15, 0.2) is 0 Å². The Morgan fingerprint density at radius 1 is 1.24 bits per heavy atom. The van der Waals surface area contributed by atoms with Crippen LogP contribution in [0.3, 0.4) is 0 Å². The van der Waals surface area contributed by atoms with Gasteiger partial charge in [-0.2, -0.15) is 0 Å². The highest BCUT2D eigenvalue weighted by molar-refractivity contribution is 8.13. The van der Waals surface area contributed by atoms with Crippen molar-refractivity contribution < 1.29 is 9.18 Å². The van der Waals surface area contributed by atoms with Gasteiger partial charge in [0.2, 0.25) is 5.91 Å². The Bertz CT molecular complexity index is 1120. The number of aryl methyl sites for hydroxylation is 1. The van der Waals surface area contributed by atoms with Gasteiger partial charge in [-0.05, 0) is 54.6 Å². The number of halogens is 2. The molecule has 148 valence electrons. The third-order valence-electron chi connectivity index (χ3n) is 5.13. The fourth-order valence-corrected chi connectivity index (χ4v) is 4.58. The summed E-state index contributed by atoms with van der Waals surface area (Å²) >= 11 is 7.62. The zero-order chi connectivity index (χ0) is 20.5. The van der Waals surface area contributed by atoms with Gasteiger partial charge in [0, 0.05) is 28.5 Å². The fraction of sp³-hybridized carbons (Fsp3) is 0.227. The minimum Gasteiger partial charge on any atom is -0.307 e. The Morgan fingerprint density at radius 3 is 2.79 bits per heavy atom. The molecule has 0 radical (unpaired) electrons. The molecule has 0 saturated heterocycles. The van der Waals surface area contributed by atoms with Gasteiger partial charge < -0.3 is 4.90 Å². The lowest BCUT2D eigenvalue weighted by atomic mass is 10.0. The zero-order valence-electron chi connectivity index (χ0n) is 16.0. The molecule has 1 aromatic heterocycles. The second kappa shape index (κ2) is 8.13. The molecule has 0 N–H and O–H groups in total. The normalized spacial score (nSPS) is 18.3. The molecule has 2 aromatic carbocycles. The molecular formula is C22H19ClFN3OS. The first-order chi connectivity index (χ1) is 14.0. The number of carbonyl (C=O) groups is 1. The number of amides is 1. The van der Waals surface area contributed by atoms with E-state index in [2.05, 4.69) is 9.98 Å². The van der Waals surface area contributed by atoms with Crippen molar-refractivity contribution >= 4 is 51.3 Å². The molecule has 29 heavy (non-hydrogen) atoms. The van der Waals surface area contributed by atoms with Crippen molar-refractivity contribution in [1.29, 1.82) is 0 Å².